The first-order valence-corrected chi connectivity index (χ1v) is 6.00. The lowest BCUT2D eigenvalue weighted by Crippen LogP contribution is -2.52. The molecule has 21 heavy (non-hydrogen) atoms. The lowest BCUT2D eigenvalue weighted by atomic mass is 10.0. The molecule has 1 aliphatic heterocycles. The van der Waals surface area contributed by atoms with Gasteiger partial charge in [0.25, 0.3) is 11.6 Å². The van der Waals surface area contributed by atoms with E-state index in [9.17, 15) is 29.6 Å². The van der Waals surface area contributed by atoms with Crippen LogP contribution in [0.4, 0.5) is 5.69 Å². The Balaban J connectivity index is 2.21. The molecule has 1 aromatic rings. The number of imide groups is 1. The molecule has 1 saturated heterocycles. The average molecular weight is 293 g/mol. The Morgan fingerprint density at radius 3 is 2.76 bits per heavy atom. The summed E-state index contributed by atoms with van der Waals surface area (Å²) in [7, 11) is 0. The van der Waals surface area contributed by atoms with E-state index in [0.29, 0.717) is 0 Å². The molecule has 0 radical (unpaired) electrons. The molecule has 1 heterocycles. The summed E-state index contributed by atoms with van der Waals surface area (Å²) in [6, 6.07) is 2.08. The Morgan fingerprint density at radius 2 is 2.14 bits per heavy atom. The minimum Gasteiger partial charge on any atom is -0.508 e. The normalized spacial score (nSPS) is 18.0. The van der Waals surface area contributed by atoms with Crippen molar-refractivity contribution < 1.29 is 24.4 Å². The van der Waals surface area contributed by atoms with Gasteiger partial charge < -0.3 is 10.4 Å². The third-order valence-electron chi connectivity index (χ3n) is 2.97. The molecular weight excluding hydrogens is 282 g/mol. The van der Waals surface area contributed by atoms with E-state index in [1.807, 2.05) is 0 Å². The van der Waals surface area contributed by atoms with Gasteiger partial charge in [-0.25, -0.2) is 0 Å². The van der Waals surface area contributed by atoms with Crippen LogP contribution in [-0.2, 0) is 9.59 Å². The van der Waals surface area contributed by atoms with Crippen LogP contribution in [0, 0.1) is 10.1 Å². The zero-order valence-corrected chi connectivity index (χ0v) is 10.7. The quantitative estimate of drug-likeness (QED) is 0.402. The number of nitrogens with zero attached hydrogens (tertiary/aromatic N) is 1. The second-order valence-corrected chi connectivity index (χ2v) is 4.44. The SMILES string of the molecule is O=C1CCC(NC(=O)c2cc(O)ccc2[N+](=O)[O-])C(=O)N1. The fourth-order valence-electron chi connectivity index (χ4n) is 1.93. The summed E-state index contributed by atoms with van der Waals surface area (Å²) in [6.45, 7) is 0. The van der Waals surface area contributed by atoms with Crippen molar-refractivity contribution in [1.82, 2.24) is 10.6 Å². The van der Waals surface area contributed by atoms with Gasteiger partial charge in [-0.2, -0.15) is 0 Å². The number of phenolic OH excluding ortho intramolecular Hbond substituents is 1. The summed E-state index contributed by atoms with van der Waals surface area (Å²) in [5.41, 5.74) is -0.845. The molecule has 0 saturated carbocycles. The molecule has 0 aliphatic carbocycles. The molecule has 0 spiro atoms. The molecule has 1 aromatic carbocycles. The highest BCUT2D eigenvalue weighted by molar-refractivity contribution is 6.05. The summed E-state index contributed by atoms with van der Waals surface area (Å²) in [5, 5.41) is 24.6. The van der Waals surface area contributed by atoms with Crippen LogP contribution in [-0.4, -0.2) is 33.8 Å². The highest BCUT2D eigenvalue weighted by atomic mass is 16.6. The number of piperidine rings is 1. The van der Waals surface area contributed by atoms with Gasteiger partial charge in [0.1, 0.15) is 17.4 Å². The van der Waals surface area contributed by atoms with Crippen LogP contribution in [0.1, 0.15) is 23.2 Å². The smallest absolute Gasteiger partial charge is 0.282 e. The molecular formula is C12H11N3O6. The molecule has 1 fully saturated rings. The Labute approximate surface area is 118 Å². The van der Waals surface area contributed by atoms with Crippen LogP contribution in [0.5, 0.6) is 5.75 Å². The highest BCUT2D eigenvalue weighted by Gasteiger charge is 2.30. The lowest BCUT2D eigenvalue weighted by molar-refractivity contribution is -0.385. The van der Waals surface area contributed by atoms with Crippen molar-refractivity contribution in [2.24, 2.45) is 0 Å². The van der Waals surface area contributed by atoms with Crippen molar-refractivity contribution in [3.05, 3.63) is 33.9 Å². The minimum absolute atomic E-state index is 0.0683. The molecule has 9 heteroatoms. The van der Waals surface area contributed by atoms with Gasteiger partial charge in [-0.05, 0) is 18.6 Å². The zero-order chi connectivity index (χ0) is 15.6. The van der Waals surface area contributed by atoms with E-state index in [-0.39, 0.29) is 24.2 Å². The summed E-state index contributed by atoms with van der Waals surface area (Å²) >= 11 is 0. The average Bonchev–Trinajstić information content (AvgIpc) is 2.41. The standard InChI is InChI=1S/C12H11N3O6/c16-6-1-3-9(15(20)21)7(5-6)11(18)13-8-2-4-10(17)14-12(8)19/h1,3,5,8,16H,2,4H2,(H,13,18)(H,14,17,19). The number of amides is 3. The molecule has 110 valence electrons. The number of nitro groups is 1. The molecule has 0 bridgehead atoms. The number of carbonyl (C=O) groups is 3. The molecule has 1 unspecified atom stereocenters. The van der Waals surface area contributed by atoms with Crippen molar-refractivity contribution in [2.45, 2.75) is 18.9 Å². The van der Waals surface area contributed by atoms with E-state index in [4.69, 9.17) is 0 Å². The molecule has 1 aliphatic rings. The van der Waals surface area contributed by atoms with E-state index in [0.717, 1.165) is 18.2 Å². The van der Waals surface area contributed by atoms with Crippen LogP contribution in [0.2, 0.25) is 0 Å². The third-order valence-corrected chi connectivity index (χ3v) is 2.97. The maximum atomic E-state index is 12.0. The number of rotatable bonds is 3. The maximum absolute atomic E-state index is 12.0. The lowest BCUT2D eigenvalue weighted by Gasteiger charge is -2.21. The van der Waals surface area contributed by atoms with Gasteiger partial charge >= 0.3 is 0 Å². The van der Waals surface area contributed by atoms with Gasteiger partial charge in [0.05, 0.1) is 4.92 Å². The van der Waals surface area contributed by atoms with Gasteiger partial charge in [-0.15, -0.1) is 0 Å². The number of phenols is 1. The van der Waals surface area contributed by atoms with Crippen molar-refractivity contribution >= 4 is 23.4 Å². The maximum Gasteiger partial charge on any atom is 0.282 e. The topological polar surface area (TPSA) is 139 Å². The number of nitro benzene ring substituents is 1. The third kappa shape index (κ3) is 3.14. The van der Waals surface area contributed by atoms with Crippen molar-refractivity contribution in [3.8, 4) is 5.75 Å². The molecule has 0 aromatic heterocycles. The number of carbonyl (C=O) groups excluding carboxylic acids is 3. The van der Waals surface area contributed by atoms with Crippen molar-refractivity contribution in [2.75, 3.05) is 0 Å². The van der Waals surface area contributed by atoms with E-state index in [2.05, 4.69) is 10.6 Å². The monoisotopic (exact) mass is 293 g/mol. The van der Waals surface area contributed by atoms with E-state index >= 15 is 0 Å². The summed E-state index contributed by atoms with van der Waals surface area (Å²) < 4.78 is 0. The van der Waals surface area contributed by atoms with Crippen LogP contribution in [0.15, 0.2) is 18.2 Å². The first kappa shape index (κ1) is 14.4. The van der Waals surface area contributed by atoms with Crippen LogP contribution in [0.25, 0.3) is 0 Å². The molecule has 3 amide bonds. The van der Waals surface area contributed by atoms with Gasteiger partial charge in [0.15, 0.2) is 0 Å². The van der Waals surface area contributed by atoms with E-state index in [1.54, 1.807) is 0 Å². The molecule has 9 nitrogen and oxygen atoms in total. The number of hydrogen-bond acceptors (Lipinski definition) is 6. The molecule has 3 N–H and O–H groups in total. The van der Waals surface area contributed by atoms with Crippen LogP contribution in [0.3, 0.4) is 0 Å². The highest BCUT2D eigenvalue weighted by Crippen LogP contribution is 2.23. The number of nitrogens with one attached hydrogen (secondary N) is 2. The second kappa shape index (κ2) is 5.57. The predicted octanol–water partition coefficient (Wildman–Crippen LogP) is -0.165. The number of benzene rings is 1. The Bertz CT molecular complexity index is 642. The Kier molecular flexibility index (Phi) is 3.83. The Morgan fingerprint density at radius 1 is 1.43 bits per heavy atom. The predicted molar refractivity (Wildman–Crippen MR) is 68.4 cm³/mol. The van der Waals surface area contributed by atoms with Gasteiger partial charge in [0.2, 0.25) is 11.8 Å². The first-order valence-electron chi connectivity index (χ1n) is 6.00. The summed E-state index contributed by atoms with van der Waals surface area (Å²) in [6.07, 6.45) is 0.182. The van der Waals surface area contributed by atoms with Gasteiger partial charge in [0, 0.05) is 12.5 Å². The van der Waals surface area contributed by atoms with Gasteiger partial charge in [-0.1, -0.05) is 0 Å². The summed E-state index contributed by atoms with van der Waals surface area (Å²) in [5.74, 6) is -2.28. The first-order chi connectivity index (χ1) is 9.88. The summed E-state index contributed by atoms with van der Waals surface area (Å²) in [4.78, 5) is 44.6. The van der Waals surface area contributed by atoms with Crippen molar-refractivity contribution in [1.29, 1.82) is 0 Å². The van der Waals surface area contributed by atoms with Crippen LogP contribution >= 0.6 is 0 Å². The molecule has 1 atom stereocenters. The number of aromatic hydroxyl groups is 1. The van der Waals surface area contributed by atoms with Crippen LogP contribution < -0.4 is 10.6 Å². The van der Waals surface area contributed by atoms with Crippen molar-refractivity contribution in [3.63, 3.8) is 0 Å². The zero-order valence-electron chi connectivity index (χ0n) is 10.7. The van der Waals surface area contributed by atoms with E-state index < -0.39 is 34.4 Å². The Hall–Kier alpha value is -2.97. The number of hydrogen-bond donors (Lipinski definition) is 3. The van der Waals surface area contributed by atoms with Gasteiger partial charge in [-0.3, -0.25) is 29.8 Å². The fraction of sp³-hybridized carbons (Fsp3) is 0.250. The van der Waals surface area contributed by atoms with E-state index in [1.165, 1.54) is 0 Å². The molecule has 2 rings (SSSR count). The second-order valence-electron chi connectivity index (χ2n) is 4.44. The fourth-order valence-corrected chi connectivity index (χ4v) is 1.93. The minimum atomic E-state index is -0.947. The largest absolute Gasteiger partial charge is 0.508 e.